The summed E-state index contributed by atoms with van der Waals surface area (Å²) in [6.07, 6.45) is 6.55. The van der Waals surface area contributed by atoms with Gasteiger partial charge in [-0.1, -0.05) is 11.6 Å². The molecular formula is C12H20N2O3. The van der Waals surface area contributed by atoms with Crippen molar-refractivity contribution < 1.29 is 14.7 Å². The van der Waals surface area contributed by atoms with Crippen LogP contribution in [0.2, 0.25) is 0 Å². The van der Waals surface area contributed by atoms with Crippen LogP contribution in [0.15, 0.2) is 11.6 Å². The standard InChI is InChI=1S/C12H20N2O3/c1-9(11(15)16)14(2)12(17)13-8-7-10-5-3-4-6-10/h5,9H,3-4,6-8H2,1-2H3,(H,13,17)(H,15,16). The van der Waals surface area contributed by atoms with Crippen molar-refractivity contribution in [3.8, 4) is 0 Å². The number of nitrogens with zero attached hydrogens (tertiary/aromatic N) is 1. The first-order chi connectivity index (χ1) is 8.02. The van der Waals surface area contributed by atoms with Gasteiger partial charge in [0.05, 0.1) is 0 Å². The smallest absolute Gasteiger partial charge is 0.326 e. The fourth-order valence-electron chi connectivity index (χ4n) is 1.76. The maximum atomic E-state index is 11.6. The van der Waals surface area contributed by atoms with Gasteiger partial charge in [0.1, 0.15) is 6.04 Å². The van der Waals surface area contributed by atoms with Crippen molar-refractivity contribution in [1.82, 2.24) is 10.2 Å². The van der Waals surface area contributed by atoms with E-state index in [9.17, 15) is 9.59 Å². The predicted molar refractivity (Wildman–Crippen MR) is 64.8 cm³/mol. The molecule has 0 aromatic carbocycles. The van der Waals surface area contributed by atoms with Gasteiger partial charge in [0.25, 0.3) is 0 Å². The monoisotopic (exact) mass is 240 g/mol. The molecule has 0 spiro atoms. The zero-order valence-corrected chi connectivity index (χ0v) is 10.4. The van der Waals surface area contributed by atoms with Gasteiger partial charge in [0.15, 0.2) is 0 Å². The largest absolute Gasteiger partial charge is 0.480 e. The Kier molecular flexibility index (Phi) is 5.00. The van der Waals surface area contributed by atoms with E-state index >= 15 is 0 Å². The third-order valence-electron chi connectivity index (χ3n) is 3.12. The molecule has 96 valence electrons. The Hall–Kier alpha value is -1.52. The summed E-state index contributed by atoms with van der Waals surface area (Å²) < 4.78 is 0. The van der Waals surface area contributed by atoms with Crippen LogP contribution in [0.3, 0.4) is 0 Å². The first kappa shape index (κ1) is 13.5. The lowest BCUT2D eigenvalue weighted by atomic mass is 10.2. The van der Waals surface area contributed by atoms with Crippen LogP contribution < -0.4 is 5.32 Å². The van der Waals surface area contributed by atoms with E-state index in [2.05, 4.69) is 11.4 Å². The van der Waals surface area contributed by atoms with Crippen LogP contribution >= 0.6 is 0 Å². The van der Waals surface area contributed by atoms with Gasteiger partial charge >= 0.3 is 12.0 Å². The van der Waals surface area contributed by atoms with Gasteiger partial charge in [-0.2, -0.15) is 0 Å². The maximum absolute atomic E-state index is 11.6. The number of carboxylic acids is 1. The molecule has 17 heavy (non-hydrogen) atoms. The Bertz CT molecular complexity index is 326. The highest BCUT2D eigenvalue weighted by Crippen LogP contribution is 2.19. The number of nitrogens with one attached hydrogen (secondary N) is 1. The number of carbonyl (C=O) groups is 2. The number of hydrogen-bond donors (Lipinski definition) is 2. The van der Waals surface area contributed by atoms with Crippen LogP contribution in [0, 0.1) is 0 Å². The van der Waals surface area contributed by atoms with Crippen LogP contribution in [0.5, 0.6) is 0 Å². The second-order valence-corrected chi connectivity index (χ2v) is 4.36. The van der Waals surface area contributed by atoms with Gasteiger partial charge in [0, 0.05) is 13.6 Å². The van der Waals surface area contributed by atoms with E-state index in [1.165, 1.54) is 30.9 Å². The van der Waals surface area contributed by atoms with Gasteiger partial charge < -0.3 is 15.3 Å². The lowest BCUT2D eigenvalue weighted by Gasteiger charge is -2.21. The van der Waals surface area contributed by atoms with Crippen molar-refractivity contribution in [1.29, 1.82) is 0 Å². The van der Waals surface area contributed by atoms with Gasteiger partial charge in [-0.3, -0.25) is 0 Å². The lowest BCUT2D eigenvalue weighted by Crippen LogP contribution is -2.46. The van der Waals surface area contributed by atoms with Crippen molar-refractivity contribution >= 4 is 12.0 Å². The number of likely N-dealkylation sites (N-methyl/N-ethyl adjacent to an activating group) is 1. The third-order valence-corrected chi connectivity index (χ3v) is 3.12. The zero-order valence-electron chi connectivity index (χ0n) is 10.4. The van der Waals surface area contributed by atoms with E-state index in [0.717, 1.165) is 19.3 Å². The molecule has 0 radical (unpaired) electrons. The predicted octanol–water partition coefficient (Wildman–Crippen LogP) is 1.60. The molecule has 1 aliphatic rings. The normalized spacial score (nSPS) is 16.2. The fraction of sp³-hybridized carbons (Fsp3) is 0.667. The summed E-state index contributed by atoms with van der Waals surface area (Å²) in [6.45, 7) is 2.06. The quantitative estimate of drug-likeness (QED) is 0.717. The van der Waals surface area contributed by atoms with Crippen molar-refractivity contribution in [2.75, 3.05) is 13.6 Å². The van der Waals surface area contributed by atoms with E-state index < -0.39 is 12.0 Å². The molecule has 0 aromatic rings. The Balaban J connectivity index is 2.26. The molecule has 1 atom stereocenters. The molecule has 1 aliphatic carbocycles. The number of allylic oxidation sites excluding steroid dienone is 1. The van der Waals surface area contributed by atoms with Gasteiger partial charge in [-0.25, -0.2) is 9.59 Å². The highest BCUT2D eigenvalue weighted by Gasteiger charge is 2.21. The average molecular weight is 240 g/mol. The minimum Gasteiger partial charge on any atom is -0.480 e. The molecule has 0 bridgehead atoms. The molecule has 0 saturated heterocycles. The summed E-state index contributed by atoms with van der Waals surface area (Å²) in [4.78, 5) is 23.5. The Labute approximate surface area is 101 Å². The second-order valence-electron chi connectivity index (χ2n) is 4.36. The number of aliphatic carboxylic acids is 1. The van der Waals surface area contributed by atoms with Crippen molar-refractivity contribution in [3.63, 3.8) is 0 Å². The van der Waals surface area contributed by atoms with Gasteiger partial charge in [-0.15, -0.1) is 0 Å². The van der Waals surface area contributed by atoms with E-state index in [1.807, 2.05) is 0 Å². The molecule has 2 N–H and O–H groups in total. The molecule has 1 unspecified atom stereocenters. The van der Waals surface area contributed by atoms with Gasteiger partial charge in [-0.05, 0) is 32.6 Å². The average Bonchev–Trinajstić information content (AvgIpc) is 2.79. The van der Waals surface area contributed by atoms with Crippen LogP contribution in [0.1, 0.15) is 32.6 Å². The topological polar surface area (TPSA) is 69.6 Å². The minimum atomic E-state index is -0.999. The molecular weight excluding hydrogens is 220 g/mol. The van der Waals surface area contributed by atoms with Gasteiger partial charge in [0.2, 0.25) is 0 Å². The molecule has 0 aliphatic heterocycles. The molecule has 0 heterocycles. The number of hydrogen-bond acceptors (Lipinski definition) is 2. The van der Waals surface area contributed by atoms with Crippen LogP contribution in [0.25, 0.3) is 0 Å². The number of urea groups is 1. The number of rotatable bonds is 5. The Morgan fingerprint density at radius 3 is 2.82 bits per heavy atom. The summed E-state index contributed by atoms with van der Waals surface area (Å²) in [6, 6.07) is -1.14. The molecule has 0 fully saturated rings. The molecule has 0 saturated carbocycles. The Morgan fingerprint density at radius 1 is 1.59 bits per heavy atom. The highest BCUT2D eigenvalue weighted by atomic mass is 16.4. The molecule has 2 amide bonds. The van der Waals surface area contributed by atoms with E-state index in [0.29, 0.717) is 6.54 Å². The summed E-state index contributed by atoms with van der Waals surface area (Å²) in [5, 5.41) is 11.5. The summed E-state index contributed by atoms with van der Waals surface area (Å²) in [7, 11) is 1.49. The minimum absolute atomic E-state index is 0.335. The SMILES string of the molecule is CC(C(=O)O)N(C)C(=O)NCCC1=CCCC1. The first-order valence-electron chi connectivity index (χ1n) is 5.93. The lowest BCUT2D eigenvalue weighted by molar-refractivity contribution is -0.141. The first-order valence-corrected chi connectivity index (χ1v) is 5.93. The van der Waals surface area contributed by atoms with E-state index in [1.54, 1.807) is 0 Å². The zero-order chi connectivity index (χ0) is 12.8. The van der Waals surface area contributed by atoms with Crippen LogP contribution in [-0.4, -0.2) is 41.6 Å². The molecule has 5 nitrogen and oxygen atoms in total. The number of amides is 2. The summed E-state index contributed by atoms with van der Waals surface area (Å²) >= 11 is 0. The van der Waals surface area contributed by atoms with Crippen molar-refractivity contribution in [2.45, 2.75) is 38.6 Å². The highest BCUT2D eigenvalue weighted by molar-refractivity contribution is 5.82. The van der Waals surface area contributed by atoms with Crippen molar-refractivity contribution in [3.05, 3.63) is 11.6 Å². The van der Waals surface area contributed by atoms with E-state index in [4.69, 9.17) is 5.11 Å². The number of carboxylic acid groups (broad SMARTS) is 1. The molecule has 5 heteroatoms. The number of carbonyl (C=O) groups excluding carboxylic acids is 1. The maximum Gasteiger partial charge on any atom is 0.326 e. The second kappa shape index (κ2) is 6.27. The summed E-state index contributed by atoms with van der Waals surface area (Å²) in [5.74, 6) is -0.999. The van der Waals surface area contributed by atoms with Crippen LogP contribution in [0.4, 0.5) is 4.79 Å². The third kappa shape index (κ3) is 4.09. The van der Waals surface area contributed by atoms with Crippen LogP contribution in [-0.2, 0) is 4.79 Å². The fourth-order valence-corrected chi connectivity index (χ4v) is 1.76. The van der Waals surface area contributed by atoms with E-state index in [-0.39, 0.29) is 6.03 Å². The molecule has 0 aromatic heterocycles. The van der Waals surface area contributed by atoms with Crippen molar-refractivity contribution in [2.24, 2.45) is 0 Å². The molecule has 1 rings (SSSR count). The summed E-state index contributed by atoms with van der Waals surface area (Å²) in [5.41, 5.74) is 1.39. The Morgan fingerprint density at radius 2 is 2.29 bits per heavy atom.